The minimum atomic E-state index is -0.0452. The van der Waals surface area contributed by atoms with Gasteiger partial charge >= 0.3 is 0 Å². The van der Waals surface area contributed by atoms with E-state index < -0.39 is 0 Å². The third-order valence-corrected chi connectivity index (χ3v) is 4.60. The van der Waals surface area contributed by atoms with Crippen LogP contribution in [-0.4, -0.2) is 11.0 Å². The lowest BCUT2D eigenvalue weighted by Crippen LogP contribution is -2.10. The Balaban J connectivity index is 1.72. The van der Waals surface area contributed by atoms with Gasteiger partial charge in [0.2, 0.25) is 0 Å². The van der Waals surface area contributed by atoms with Crippen molar-refractivity contribution in [1.29, 1.82) is 0 Å². The highest BCUT2D eigenvalue weighted by atomic mass is 32.1. The van der Waals surface area contributed by atoms with Crippen molar-refractivity contribution in [2.24, 2.45) is 0 Å². The smallest absolute Gasteiger partial charge is 0.265 e. The number of carbonyl (C=O) groups excluding carboxylic acids is 1. The molecule has 1 aliphatic rings. The zero-order valence-corrected chi connectivity index (χ0v) is 11.3. The summed E-state index contributed by atoms with van der Waals surface area (Å²) in [4.78, 5) is 14.3. The molecule has 1 aromatic heterocycles. The fourth-order valence-electron chi connectivity index (χ4n) is 2.33. The van der Waals surface area contributed by atoms with Crippen LogP contribution in [0, 0.1) is 0 Å². The van der Waals surface area contributed by atoms with Crippen molar-refractivity contribution in [3.8, 4) is 0 Å². The van der Waals surface area contributed by atoms with Crippen molar-refractivity contribution in [1.82, 2.24) is 0 Å². The number of fused-ring (bicyclic) bond motifs is 1. The van der Waals surface area contributed by atoms with E-state index in [1.54, 1.807) is 11.3 Å². The largest absolute Gasteiger partial charge is 0.392 e. The van der Waals surface area contributed by atoms with Gasteiger partial charge in [-0.3, -0.25) is 4.79 Å². The van der Waals surface area contributed by atoms with Gasteiger partial charge in [-0.1, -0.05) is 12.1 Å². The first-order valence-corrected chi connectivity index (χ1v) is 7.20. The standard InChI is InChI=1S/C15H15NO2S/c17-9-10-4-6-12(7-5-10)16-15(18)14-8-11-2-1-3-13(11)19-14/h4-8,17H,1-3,9H2,(H,16,18). The van der Waals surface area contributed by atoms with Crippen LogP contribution in [0.15, 0.2) is 30.3 Å². The summed E-state index contributed by atoms with van der Waals surface area (Å²) in [6.45, 7) is 0.0197. The molecule has 2 aromatic rings. The summed E-state index contributed by atoms with van der Waals surface area (Å²) >= 11 is 1.60. The van der Waals surface area contributed by atoms with E-state index in [0.29, 0.717) is 0 Å². The predicted molar refractivity (Wildman–Crippen MR) is 76.7 cm³/mol. The number of aryl methyl sites for hydroxylation is 2. The van der Waals surface area contributed by atoms with Crippen LogP contribution >= 0.6 is 11.3 Å². The molecule has 0 unspecified atom stereocenters. The maximum atomic E-state index is 12.1. The third kappa shape index (κ3) is 2.55. The van der Waals surface area contributed by atoms with Gasteiger partial charge in [-0.2, -0.15) is 0 Å². The number of nitrogens with one attached hydrogen (secondary N) is 1. The van der Waals surface area contributed by atoms with Gasteiger partial charge in [0.1, 0.15) is 0 Å². The Morgan fingerprint density at radius 3 is 2.74 bits per heavy atom. The lowest BCUT2D eigenvalue weighted by atomic mass is 10.2. The normalized spacial score (nSPS) is 13.3. The highest BCUT2D eigenvalue weighted by Crippen LogP contribution is 2.30. The highest BCUT2D eigenvalue weighted by molar-refractivity contribution is 7.14. The monoisotopic (exact) mass is 273 g/mol. The number of anilines is 1. The van der Waals surface area contributed by atoms with Crippen molar-refractivity contribution in [3.63, 3.8) is 0 Å². The molecular weight excluding hydrogens is 258 g/mol. The lowest BCUT2D eigenvalue weighted by Gasteiger charge is -2.04. The van der Waals surface area contributed by atoms with Crippen LogP contribution in [0.1, 0.15) is 32.1 Å². The van der Waals surface area contributed by atoms with E-state index >= 15 is 0 Å². The third-order valence-electron chi connectivity index (χ3n) is 3.36. The second kappa shape index (κ2) is 5.15. The van der Waals surface area contributed by atoms with Gasteiger partial charge in [-0.05, 0) is 48.6 Å². The molecule has 0 fully saturated rings. The second-order valence-electron chi connectivity index (χ2n) is 4.72. The van der Waals surface area contributed by atoms with Crippen molar-refractivity contribution in [2.75, 3.05) is 5.32 Å². The first-order chi connectivity index (χ1) is 9.26. The van der Waals surface area contributed by atoms with E-state index in [2.05, 4.69) is 5.32 Å². The SMILES string of the molecule is O=C(Nc1ccc(CO)cc1)c1cc2c(s1)CCC2. The fraction of sp³-hybridized carbons (Fsp3) is 0.267. The lowest BCUT2D eigenvalue weighted by molar-refractivity contribution is 0.103. The van der Waals surface area contributed by atoms with E-state index in [1.807, 2.05) is 30.3 Å². The average Bonchev–Trinajstić information content (AvgIpc) is 3.00. The minimum Gasteiger partial charge on any atom is -0.392 e. The second-order valence-corrected chi connectivity index (χ2v) is 5.86. The molecule has 1 heterocycles. The van der Waals surface area contributed by atoms with E-state index in [-0.39, 0.29) is 12.5 Å². The first kappa shape index (κ1) is 12.4. The van der Waals surface area contributed by atoms with Gasteiger partial charge in [-0.15, -0.1) is 11.3 Å². The quantitative estimate of drug-likeness (QED) is 0.903. The number of aliphatic hydroxyl groups excluding tert-OH is 1. The molecule has 3 nitrogen and oxygen atoms in total. The number of rotatable bonds is 3. The van der Waals surface area contributed by atoms with Crippen molar-refractivity contribution >= 4 is 22.9 Å². The number of hydrogen-bond donors (Lipinski definition) is 2. The molecule has 0 atom stereocenters. The molecular formula is C15H15NO2S. The molecule has 0 radical (unpaired) electrons. The van der Waals surface area contributed by atoms with Crippen LogP contribution in [0.5, 0.6) is 0 Å². The first-order valence-electron chi connectivity index (χ1n) is 6.39. The van der Waals surface area contributed by atoms with Crippen LogP contribution in [0.4, 0.5) is 5.69 Å². The van der Waals surface area contributed by atoms with E-state index in [9.17, 15) is 4.79 Å². The average molecular weight is 273 g/mol. The van der Waals surface area contributed by atoms with E-state index in [4.69, 9.17) is 5.11 Å². The summed E-state index contributed by atoms with van der Waals surface area (Å²) in [6, 6.07) is 9.26. The number of hydrogen-bond acceptors (Lipinski definition) is 3. The zero-order chi connectivity index (χ0) is 13.2. The summed E-state index contributed by atoms with van der Waals surface area (Å²) in [5, 5.41) is 11.9. The Kier molecular flexibility index (Phi) is 3.36. The van der Waals surface area contributed by atoms with Gasteiger partial charge in [-0.25, -0.2) is 0 Å². The maximum Gasteiger partial charge on any atom is 0.265 e. The topological polar surface area (TPSA) is 49.3 Å². The molecule has 4 heteroatoms. The molecule has 1 aromatic carbocycles. The van der Waals surface area contributed by atoms with Gasteiger partial charge in [0.25, 0.3) is 5.91 Å². The zero-order valence-electron chi connectivity index (χ0n) is 10.5. The Bertz CT molecular complexity index is 580. The van der Waals surface area contributed by atoms with Crippen LogP contribution < -0.4 is 5.32 Å². The molecule has 0 saturated heterocycles. The number of carbonyl (C=O) groups is 1. The molecule has 19 heavy (non-hydrogen) atoms. The molecule has 3 rings (SSSR count). The van der Waals surface area contributed by atoms with Crippen LogP contribution in [0.3, 0.4) is 0 Å². The van der Waals surface area contributed by atoms with Gasteiger partial charge in [0, 0.05) is 10.6 Å². The number of aliphatic hydroxyl groups is 1. The summed E-state index contributed by atoms with van der Waals surface area (Å²) in [7, 11) is 0. The Morgan fingerprint density at radius 1 is 1.26 bits per heavy atom. The number of amides is 1. The molecule has 1 aliphatic carbocycles. The maximum absolute atomic E-state index is 12.1. The number of thiophene rings is 1. The molecule has 98 valence electrons. The van der Waals surface area contributed by atoms with Crippen molar-refractivity contribution in [2.45, 2.75) is 25.9 Å². The minimum absolute atomic E-state index is 0.0197. The summed E-state index contributed by atoms with van der Waals surface area (Å²) < 4.78 is 0. The molecule has 0 bridgehead atoms. The molecule has 0 aliphatic heterocycles. The number of benzene rings is 1. The molecule has 2 N–H and O–H groups in total. The summed E-state index contributed by atoms with van der Waals surface area (Å²) in [5.74, 6) is -0.0452. The van der Waals surface area contributed by atoms with Crippen LogP contribution in [0.25, 0.3) is 0 Å². The van der Waals surface area contributed by atoms with Crippen LogP contribution in [0.2, 0.25) is 0 Å². The highest BCUT2D eigenvalue weighted by Gasteiger charge is 2.18. The van der Waals surface area contributed by atoms with Crippen LogP contribution in [-0.2, 0) is 19.4 Å². The summed E-state index contributed by atoms with van der Waals surface area (Å²) in [6.07, 6.45) is 3.43. The van der Waals surface area contributed by atoms with Gasteiger partial charge in [0.15, 0.2) is 0 Å². The Morgan fingerprint density at radius 2 is 2.05 bits per heavy atom. The molecule has 0 spiro atoms. The summed E-state index contributed by atoms with van der Waals surface area (Å²) in [5.41, 5.74) is 2.94. The van der Waals surface area contributed by atoms with Gasteiger partial charge in [0.05, 0.1) is 11.5 Å². The predicted octanol–water partition coefficient (Wildman–Crippen LogP) is 2.98. The molecule has 1 amide bonds. The van der Waals surface area contributed by atoms with E-state index in [1.165, 1.54) is 16.9 Å². The Hall–Kier alpha value is -1.65. The van der Waals surface area contributed by atoms with Crippen molar-refractivity contribution < 1.29 is 9.90 Å². The Labute approximate surface area is 115 Å². The fourth-order valence-corrected chi connectivity index (χ4v) is 3.48. The van der Waals surface area contributed by atoms with Crippen molar-refractivity contribution in [3.05, 3.63) is 51.2 Å². The molecule has 0 saturated carbocycles. The van der Waals surface area contributed by atoms with Gasteiger partial charge < -0.3 is 10.4 Å². The van der Waals surface area contributed by atoms with E-state index in [0.717, 1.165) is 29.0 Å².